The first-order chi connectivity index (χ1) is 7.92. The van der Waals surface area contributed by atoms with Crippen LogP contribution in [0, 0.1) is 17.8 Å². The summed E-state index contributed by atoms with van der Waals surface area (Å²) in [5.41, 5.74) is 0. The van der Waals surface area contributed by atoms with Gasteiger partial charge in [-0.25, -0.2) is 0 Å². The van der Waals surface area contributed by atoms with Crippen molar-refractivity contribution in [2.45, 2.75) is 70.6 Å². The first kappa shape index (κ1) is 12.9. The first-order valence-electron chi connectivity index (χ1n) is 7.62. The van der Waals surface area contributed by atoms with E-state index in [1.54, 1.807) is 25.7 Å². The van der Waals surface area contributed by atoms with Gasteiger partial charge in [-0.05, 0) is 30.3 Å². The van der Waals surface area contributed by atoms with Crippen LogP contribution in [-0.2, 0) is 0 Å². The average molecular weight is 240 g/mol. The van der Waals surface area contributed by atoms with E-state index in [0.717, 1.165) is 17.8 Å². The molecule has 0 heterocycles. The molecule has 0 bridgehead atoms. The van der Waals surface area contributed by atoms with Crippen LogP contribution in [0.15, 0.2) is 0 Å². The molecule has 0 aromatic rings. The van der Waals surface area contributed by atoms with E-state index in [1.807, 2.05) is 0 Å². The minimum atomic E-state index is 1.08. The van der Waals surface area contributed by atoms with Crippen LogP contribution in [0.2, 0.25) is 0 Å². The molecule has 2 rings (SSSR count). The van der Waals surface area contributed by atoms with Crippen LogP contribution >= 0.6 is 9.24 Å². The Morgan fingerprint density at radius 2 is 1.19 bits per heavy atom. The van der Waals surface area contributed by atoms with E-state index in [2.05, 4.69) is 9.24 Å². The van der Waals surface area contributed by atoms with Gasteiger partial charge in [0.05, 0.1) is 0 Å². The Bertz CT molecular complexity index is 160. The van der Waals surface area contributed by atoms with Gasteiger partial charge in [-0.3, -0.25) is 0 Å². The molecule has 0 nitrogen and oxygen atoms in total. The molecule has 1 unspecified atom stereocenters. The Morgan fingerprint density at radius 3 is 1.56 bits per heavy atom. The fourth-order valence-corrected chi connectivity index (χ4v) is 4.56. The highest BCUT2D eigenvalue weighted by atomic mass is 31.0. The molecule has 94 valence electrons. The van der Waals surface area contributed by atoms with Crippen molar-refractivity contribution in [1.82, 2.24) is 0 Å². The zero-order valence-electron chi connectivity index (χ0n) is 10.8. The van der Waals surface area contributed by atoms with Gasteiger partial charge in [0.2, 0.25) is 0 Å². The van der Waals surface area contributed by atoms with Crippen molar-refractivity contribution in [1.29, 1.82) is 0 Å². The van der Waals surface area contributed by atoms with Crippen LogP contribution in [0.5, 0.6) is 0 Å². The van der Waals surface area contributed by atoms with E-state index < -0.39 is 0 Å². The van der Waals surface area contributed by atoms with Gasteiger partial charge in [-0.1, -0.05) is 64.2 Å². The third-order valence-corrected chi connectivity index (χ3v) is 5.34. The van der Waals surface area contributed by atoms with Gasteiger partial charge in [-0.2, -0.15) is 0 Å². The second-order valence-corrected chi connectivity index (χ2v) is 6.61. The molecule has 1 atom stereocenters. The highest BCUT2D eigenvalue weighted by Crippen LogP contribution is 2.41. The van der Waals surface area contributed by atoms with Gasteiger partial charge in [-0.15, -0.1) is 9.24 Å². The molecule has 16 heavy (non-hydrogen) atoms. The molecule has 1 heteroatoms. The summed E-state index contributed by atoms with van der Waals surface area (Å²) in [5.74, 6) is 3.27. The maximum Gasteiger partial charge on any atom is -0.0354 e. The lowest BCUT2D eigenvalue weighted by Gasteiger charge is -2.37. The van der Waals surface area contributed by atoms with Crippen LogP contribution in [0.1, 0.15) is 70.6 Å². The Hall–Kier alpha value is 0.430. The maximum atomic E-state index is 2.96. The maximum absolute atomic E-state index is 2.96. The molecule has 2 aliphatic carbocycles. The summed E-state index contributed by atoms with van der Waals surface area (Å²) in [5, 5.41) is 0. The minimum Gasteiger partial charge on any atom is -0.138 e. The SMILES string of the molecule is PCCC(C1CCCCC1)C1CCCCC1. The van der Waals surface area contributed by atoms with Crippen LogP contribution < -0.4 is 0 Å². The Balaban J connectivity index is 1.91. The van der Waals surface area contributed by atoms with Crippen molar-refractivity contribution < 1.29 is 0 Å². The predicted octanol–water partition coefficient (Wildman–Crippen LogP) is 5.03. The second kappa shape index (κ2) is 7.00. The van der Waals surface area contributed by atoms with Gasteiger partial charge >= 0.3 is 0 Å². The Morgan fingerprint density at radius 1 is 0.750 bits per heavy atom. The summed E-state index contributed by atoms with van der Waals surface area (Å²) in [7, 11) is 2.96. The third kappa shape index (κ3) is 3.46. The third-order valence-electron chi connectivity index (χ3n) is 5.01. The molecule has 2 saturated carbocycles. The fourth-order valence-electron chi connectivity index (χ4n) is 4.17. The first-order valence-corrected chi connectivity index (χ1v) is 8.43. The van der Waals surface area contributed by atoms with E-state index in [9.17, 15) is 0 Å². The van der Waals surface area contributed by atoms with Crippen molar-refractivity contribution in [3.63, 3.8) is 0 Å². The van der Waals surface area contributed by atoms with Crippen LogP contribution in [0.4, 0.5) is 0 Å². The van der Waals surface area contributed by atoms with Crippen molar-refractivity contribution in [3.05, 3.63) is 0 Å². The molecular weight excluding hydrogens is 211 g/mol. The monoisotopic (exact) mass is 240 g/mol. The lowest BCUT2D eigenvalue weighted by Crippen LogP contribution is -2.27. The minimum absolute atomic E-state index is 1.08. The van der Waals surface area contributed by atoms with E-state index in [1.165, 1.54) is 51.1 Å². The van der Waals surface area contributed by atoms with E-state index in [0.29, 0.717) is 0 Å². The molecule has 0 aromatic carbocycles. The van der Waals surface area contributed by atoms with Gasteiger partial charge in [0.25, 0.3) is 0 Å². The smallest absolute Gasteiger partial charge is 0.0354 e. The van der Waals surface area contributed by atoms with Gasteiger partial charge in [0, 0.05) is 0 Å². The molecule has 0 radical (unpaired) electrons. The molecule has 0 saturated heterocycles. The van der Waals surface area contributed by atoms with Crippen LogP contribution in [0.25, 0.3) is 0 Å². The largest absolute Gasteiger partial charge is 0.138 e. The average Bonchev–Trinajstić information content (AvgIpc) is 2.38. The summed E-state index contributed by atoms with van der Waals surface area (Å²) in [6.07, 6.45) is 18.1. The summed E-state index contributed by atoms with van der Waals surface area (Å²) in [6.45, 7) is 0. The molecule has 2 aliphatic rings. The lowest BCUT2D eigenvalue weighted by atomic mass is 9.68. The summed E-state index contributed by atoms with van der Waals surface area (Å²) in [4.78, 5) is 0. The van der Waals surface area contributed by atoms with Crippen molar-refractivity contribution >= 4 is 9.24 Å². The molecule has 0 spiro atoms. The molecular formula is C15H29P. The summed E-state index contributed by atoms with van der Waals surface area (Å²) in [6, 6.07) is 0. The predicted molar refractivity (Wildman–Crippen MR) is 75.8 cm³/mol. The van der Waals surface area contributed by atoms with E-state index >= 15 is 0 Å². The van der Waals surface area contributed by atoms with Gasteiger partial charge < -0.3 is 0 Å². The second-order valence-electron chi connectivity index (χ2n) is 6.04. The Kier molecular flexibility index (Phi) is 5.63. The van der Waals surface area contributed by atoms with Gasteiger partial charge in [0.1, 0.15) is 0 Å². The van der Waals surface area contributed by atoms with Crippen molar-refractivity contribution in [3.8, 4) is 0 Å². The number of hydrogen-bond acceptors (Lipinski definition) is 0. The summed E-state index contributed by atoms with van der Waals surface area (Å²) >= 11 is 0. The zero-order chi connectivity index (χ0) is 11.2. The lowest BCUT2D eigenvalue weighted by molar-refractivity contribution is 0.140. The van der Waals surface area contributed by atoms with Crippen molar-refractivity contribution in [2.75, 3.05) is 6.16 Å². The number of rotatable bonds is 4. The fraction of sp³-hybridized carbons (Fsp3) is 1.00. The van der Waals surface area contributed by atoms with E-state index in [-0.39, 0.29) is 0 Å². The highest BCUT2D eigenvalue weighted by Gasteiger charge is 2.30. The van der Waals surface area contributed by atoms with Crippen LogP contribution in [0.3, 0.4) is 0 Å². The summed E-state index contributed by atoms with van der Waals surface area (Å²) < 4.78 is 0. The molecule has 0 aliphatic heterocycles. The zero-order valence-corrected chi connectivity index (χ0v) is 11.9. The molecule has 0 aromatic heterocycles. The quantitative estimate of drug-likeness (QED) is 0.605. The highest BCUT2D eigenvalue weighted by molar-refractivity contribution is 7.16. The molecule has 2 fully saturated rings. The van der Waals surface area contributed by atoms with Crippen molar-refractivity contribution in [2.24, 2.45) is 17.8 Å². The standard InChI is InChI=1S/C15H29P/c16-12-11-15(13-7-3-1-4-8-13)14-9-5-2-6-10-14/h13-15H,1-12,16H2. The van der Waals surface area contributed by atoms with Gasteiger partial charge in [0.15, 0.2) is 0 Å². The molecule has 0 amide bonds. The molecule has 0 N–H and O–H groups in total. The number of hydrogen-bond donors (Lipinski definition) is 0. The Labute approximate surface area is 104 Å². The van der Waals surface area contributed by atoms with Crippen LogP contribution in [-0.4, -0.2) is 6.16 Å². The van der Waals surface area contributed by atoms with E-state index in [4.69, 9.17) is 0 Å². The normalized spacial score (nSPS) is 25.1. The topological polar surface area (TPSA) is 0 Å².